The predicted octanol–water partition coefficient (Wildman–Crippen LogP) is 3.19. The Morgan fingerprint density at radius 1 is 1.00 bits per heavy atom. The molecule has 28 heavy (non-hydrogen) atoms. The molecule has 0 aliphatic rings. The fourth-order valence-corrected chi connectivity index (χ4v) is 2.91. The normalized spacial score (nSPS) is 11.6. The second-order valence-electron chi connectivity index (χ2n) is 6.69. The zero-order valence-electron chi connectivity index (χ0n) is 16.8. The number of hydrogen-bond donors (Lipinski definition) is 1. The van der Waals surface area contributed by atoms with Crippen molar-refractivity contribution in [3.8, 4) is 0 Å². The molecule has 0 fully saturated rings. The number of hydrogen-bond acceptors (Lipinski definition) is 3. The summed E-state index contributed by atoms with van der Waals surface area (Å²) in [5.41, 5.74) is 1.94. The van der Waals surface area contributed by atoms with E-state index in [2.05, 4.69) is 5.32 Å². The van der Waals surface area contributed by atoms with Gasteiger partial charge in [-0.25, -0.2) is 0 Å². The quantitative estimate of drug-likeness (QED) is 0.607. The van der Waals surface area contributed by atoms with Crippen LogP contribution in [-0.2, 0) is 27.3 Å². The van der Waals surface area contributed by atoms with Crippen molar-refractivity contribution in [2.75, 3.05) is 19.8 Å². The van der Waals surface area contributed by atoms with E-state index in [9.17, 15) is 9.59 Å². The summed E-state index contributed by atoms with van der Waals surface area (Å²) in [5, 5.41) is 2.91. The maximum absolute atomic E-state index is 13.0. The highest BCUT2D eigenvalue weighted by Crippen LogP contribution is 2.12. The SMILES string of the molecule is CCOCCCNC(=O)[C@H](C)N(Cc1ccccc1)C(=O)Cc1ccccc1. The van der Waals surface area contributed by atoms with Crippen LogP contribution < -0.4 is 5.32 Å². The molecule has 0 spiro atoms. The van der Waals surface area contributed by atoms with E-state index in [-0.39, 0.29) is 18.2 Å². The number of carbonyl (C=O) groups is 2. The van der Waals surface area contributed by atoms with Crippen molar-refractivity contribution in [1.82, 2.24) is 10.2 Å². The van der Waals surface area contributed by atoms with Gasteiger partial charge in [-0.15, -0.1) is 0 Å². The van der Waals surface area contributed by atoms with Crippen LogP contribution in [0.2, 0.25) is 0 Å². The van der Waals surface area contributed by atoms with Crippen LogP contribution in [0.1, 0.15) is 31.4 Å². The van der Waals surface area contributed by atoms with Crippen LogP contribution >= 0.6 is 0 Å². The van der Waals surface area contributed by atoms with E-state index < -0.39 is 6.04 Å². The van der Waals surface area contributed by atoms with Gasteiger partial charge in [-0.3, -0.25) is 9.59 Å². The van der Waals surface area contributed by atoms with Crippen molar-refractivity contribution >= 4 is 11.8 Å². The van der Waals surface area contributed by atoms with Crippen molar-refractivity contribution in [2.24, 2.45) is 0 Å². The summed E-state index contributed by atoms with van der Waals surface area (Å²) in [7, 11) is 0. The first-order valence-corrected chi connectivity index (χ1v) is 9.84. The van der Waals surface area contributed by atoms with Crippen LogP contribution in [0.3, 0.4) is 0 Å². The first-order chi connectivity index (χ1) is 13.6. The van der Waals surface area contributed by atoms with Crippen LogP contribution in [0.5, 0.6) is 0 Å². The molecule has 1 N–H and O–H groups in total. The standard InChI is InChI=1S/C23H30N2O3/c1-3-28-16-10-15-24-23(27)19(2)25(18-21-13-8-5-9-14-21)22(26)17-20-11-6-4-7-12-20/h4-9,11-14,19H,3,10,15-18H2,1-2H3,(H,24,27)/t19-/m0/s1. The Balaban J connectivity index is 2.03. The van der Waals surface area contributed by atoms with Crippen LogP contribution in [0, 0.1) is 0 Å². The molecule has 2 amide bonds. The predicted molar refractivity (Wildman–Crippen MR) is 111 cm³/mol. The molecule has 2 rings (SSSR count). The van der Waals surface area contributed by atoms with Gasteiger partial charge in [-0.05, 0) is 31.4 Å². The Morgan fingerprint density at radius 3 is 2.21 bits per heavy atom. The minimum atomic E-state index is -0.552. The van der Waals surface area contributed by atoms with E-state index in [0.717, 1.165) is 17.5 Å². The summed E-state index contributed by atoms with van der Waals surface area (Å²) in [6, 6.07) is 18.8. The average Bonchev–Trinajstić information content (AvgIpc) is 2.72. The second-order valence-corrected chi connectivity index (χ2v) is 6.69. The van der Waals surface area contributed by atoms with Gasteiger partial charge in [-0.2, -0.15) is 0 Å². The summed E-state index contributed by atoms with van der Waals surface area (Å²) < 4.78 is 5.29. The minimum absolute atomic E-state index is 0.0629. The van der Waals surface area contributed by atoms with E-state index in [1.807, 2.05) is 67.6 Å². The summed E-state index contributed by atoms with van der Waals surface area (Å²) in [6.45, 7) is 5.95. The number of benzene rings is 2. The van der Waals surface area contributed by atoms with E-state index in [1.54, 1.807) is 11.8 Å². The lowest BCUT2D eigenvalue weighted by Crippen LogP contribution is -2.48. The van der Waals surface area contributed by atoms with E-state index in [1.165, 1.54) is 0 Å². The zero-order valence-corrected chi connectivity index (χ0v) is 16.8. The third-order valence-electron chi connectivity index (χ3n) is 4.53. The van der Waals surface area contributed by atoms with Crippen LogP contribution in [0.4, 0.5) is 0 Å². The van der Waals surface area contributed by atoms with Crippen LogP contribution in [-0.4, -0.2) is 42.5 Å². The van der Waals surface area contributed by atoms with Gasteiger partial charge in [0.1, 0.15) is 6.04 Å². The first-order valence-electron chi connectivity index (χ1n) is 9.84. The molecule has 0 unspecified atom stereocenters. The van der Waals surface area contributed by atoms with Crippen molar-refractivity contribution in [1.29, 1.82) is 0 Å². The zero-order chi connectivity index (χ0) is 20.2. The monoisotopic (exact) mass is 382 g/mol. The molecule has 0 bridgehead atoms. The van der Waals surface area contributed by atoms with Crippen molar-refractivity contribution in [3.05, 3.63) is 71.8 Å². The van der Waals surface area contributed by atoms with Gasteiger partial charge in [0.05, 0.1) is 6.42 Å². The second kappa shape index (κ2) is 11.9. The van der Waals surface area contributed by atoms with Crippen LogP contribution in [0.15, 0.2) is 60.7 Å². The van der Waals surface area contributed by atoms with Gasteiger partial charge < -0.3 is 15.0 Å². The fraction of sp³-hybridized carbons (Fsp3) is 0.391. The summed E-state index contributed by atoms with van der Waals surface area (Å²) in [6.07, 6.45) is 1.03. The molecule has 0 aliphatic carbocycles. The largest absolute Gasteiger partial charge is 0.382 e. The van der Waals surface area contributed by atoms with Crippen molar-refractivity contribution < 1.29 is 14.3 Å². The molecule has 2 aromatic rings. The lowest BCUT2D eigenvalue weighted by molar-refractivity contribution is -0.140. The van der Waals surface area contributed by atoms with Crippen molar-refractivity contribution in [2.45, 2.75) is 39.3 Å². The highest BCUT2D eigenvalue weighted by Gasteiger charge is 2.25. The molecular weight excluding hydrogens is 352 g/mol. The van der Waals surface area contributed by atoms with Crippen LogP contribution in [0.25, 0.3) is 0 Å². The third-order valence-corrected chi connectivity index (χ3v) is 4.53. The van der Waals surface area contributed by atoms with Gasteiger partial charge in [0.2, 0.25) is 11.8 Å². The molecule has 0 aliphatic heterocycles. The Hall–Kier alpha value is -2.66. The molecule has 0 radical (unpaired) electrons. The highest BCUT2D eigenvalue weighted by atomic mass is 16.5. The topological polar surface area (TPSA) is 58.6 Å². The number of carbonyl (C=O) groups excluding carboxylic acids is 2. The van der Waals surface area contributed by atoms with Gasteiger partial charge in [0.15, 0.2) is 0 Å². The van der Waals surface area contributed by atoms with E-state index in [4.69, 9.17) is 4.74 Å². The Morgan fingerprint density at radius 2 is 1.61 bits per heavy atom. The Bertz CT molecular complexity index is 719. The van der Waals surface area contributed by atoms with Gasteiger partial charge >= 0.3 is 0 Å². The molecule has 0 saturated carbocycles. The number of nitrogens with one attached hydrogen (secondary N) is 1. The van der Waals surface area contributed by atoms with Crippen molar-refractivity contribution in [3.63, 3.8) is 0 Å². The minimum Gasteiger partial charge on any atom is -0.382 e. The third kappa shape index (κ3) is 7.16. The molecular formula is C23H30N2O3. The molecule has 2 aromatic carbocycles. The average molecular weight is 383 g/mol. The smallest absolute Gasteiger partial charge is 0.242 e. The maximum atomic E-state index is 13.0. The van der Waals surface area contributed by atoms with Gasteiger partial charge in [0.25, 0.3) is 0 Å². The molecule has 5 heteroatoms. The molecule has 0 heterocycles. The Labute approximate surface area is 167 Å². The lowest BCUT2D eigenvalue weighted by Gasteiger charge is -2.29. The number of amides is 2. The molecule has 1 atom stereocenters. The Kier molecular flexibility index (Phi) is 9.22. The number of nitrogens with zero attached hydrogens (tertiary/aromatic N) is 1. The molecule has 5 nitrogen and oxygen atoms in total. The summed E-state index contributed by atoms with van der Waals surface area (Å²) in [4.78, 5) is 27.3. The first kappa shape index (κ1) is 21.6. The van der Waals surface area contributed by atoms with Gasteiger partial charge in [-0.1, -0.05) is 60.7 Å². The fourth-order valence-electron chi connectivity index (χ4n) is 2.91. The molecule has 0 aromatic heterocycles. The highest BCUT2D eigenvalue weighted by molar-refractivity contribution is 5.88. The number of rotatable bonds is 11. The van der Waals surface area contributed by atoms with E-state index >= 15 is 0 Å². The summed E-state index contributed by atoms with van der Waals surface area (Å²) >= 11 is 0. The lowest BCUT2D eigenvalue weighted by atomic mass is 10.1. The molecule has 0 saturated heterocycles. The molecule has 150 valence electrons. The summed E-state index contributed by atoms with van der Waals surface area (Å²) in [5.74, 6) is -0.208. The van der Waals surface area contributed by atoms with Gasteiger partial charge in [0, 0.05) is 26.3 Å². The maximum Gasteiger partial charge on any atom is 0.242 e. The number of ether oxygens (including phenoxy) is 1. The van der Waals surface area contributed by atoms with E-state index in [0.29, 0.717) is 26.3 Å².